The van der Waals surface area contributed by atoms with Gasteiger partial charge in [-0.1, -0.05) is 6.07 Å². The van der Waals surface area contributed by atoms with E-state index in [4.69, 9.17) is 0 Å². The molecule has 0 saturated carbocycles. The maximum atomic E-state index is 4.41. The summed E-state index contributed by atoms with van der Waals surface area (Å²) in [5.41, 5.74) is 1.16. The topological polar surface area (TPSA) is 28.2 Å². The summed E-state index contributed by atoms with van der Waals surface area (Å²) in [6, 6.07) is 7.18. The molecule has 0 amide bonds. The van der Waals surface area contributed by atoms with Gasteiger partial charge in [-0.15, -0.1) is 0 Å². The zero-order valence-corrected chi connectivity index (χ0v) is 9.48. The molecule has 2 heterocycles. The molecule has 0 aromatic carbocycles. The molecule has 82 valence electrons. The number of aromatic nitrogens is 1. The molecule has 1 aliphatic heterocycles. The van der Waals surface area contributed by atoms with Crippen molar-refractivity contribution in [2.45, 2.75) is 25.4 Å². The number of pyridine rings is 1. The van der Waals surface area contributed by atoms with Gasteiger partial charge in [0.25, 0.3) is 0 Å². The smallest absolute Gasteiger partial charge is 0.0572 e. The highest BCUT2D eigenvalue weighted by Gasteiger charge is 2.24. The van der Waals surface area contributed by atoms with Crippen LogP contribution in [0.2, 0.25) is 0 Å². The second-order valence-corrected chi connectivity index (χ2v) is 4.24. The summed E-state index contributed by atoms with van der Waals surface area (Å²) in [4.78, 5) is 6.83. The third-order valence-corrected chi connectivity index (χ3v) is 3.34. The van der Waals surface area contributed by atoms with Crippen molar-refractivity contribution in [2.75, 3.05) is 20.1 Å². The van der Waals surface area contributed by atoms with Gasteiger partial charge < -0.3 is 5.32 Å². The predicted octanol–water partition coefficient (Wildman–Crippen LogP) is 1.44. The van der Waals surface area contributed by atoms with Gasteiger partial charge in [-0.3, -0.25) is 9.88 Å². The molecule has 1 fully saturated rings. The number of rotatable bonds is 3. The van der Waals surface area contributed by atoms with Crippen LogP contribution in [0.25, 0.3) is 0 Å². The average molecular weight is 205 g/mol. The molecule has 1 unspecified atom stereocenters. The van der Waals surface area contributed by atoms with E-state index in [0.29, 0.717) is 12.1 Å². The van der Waals surface area contributed by atoms with Gasteiger partial charge in [-0.2, -0.15) is 0 Å². The Bertz CT molecular complexity index is 293. The number of likely N-dealkylation sites (N-methyl/N-ethyl adjacent to an activating group) is 1. The Morgan fingerprint density at radius 2 is 2.40 bits per heavy atom. The fourth-order valence-corrected chi connectivity index (χ4v) is 2.13. The van der Waals surface area contributed by atoms with E-state index in [1.165, 1.54) is 6.42 Å². The summed E-state index contributed by atoms with van der Waals surface area (Å²) in [7, 11) is 2.19. The molecule has 0 spiro atoms. The molecule has 0 bridgehead atoms. The minimum Gasteiger partial charge on any atom is -0.315 e. The van der Waals surface area contributed by atoms with E-state index in [1.807, 2.05) is 12.3 Å². The maximum Gasteiger partial charge on any atom is 0.0572 e. The van der Waals surface area contributed by atoms with E-state index in [0.717, 1.165) is 18.8 Å². The molecule has 1 aliphatic rings. The normalized spacial score (nSPS) is 23.3. The van der Waals surface area contributed by atoms with Crippen LogP contribution in [0.1, 0.15) is 25.1 Å². The van der Waals surface area contributed by atoms with Crippen LogP contribution in [0.15, 0.2) is 24.4 Å². The zero-order chi connectivity index (χ0) is 10.7. The Labute approximate surface area is 91.5 Å². The summed E-state index contributed by atoms with van der Waals surface area (Å²) in [6.07, 6.45) is 3.11. The second kappa shape index (κ2) is 4.73. The first-order valence-electron chi connectivity index (χ1n) is 5.62. The van der Waals surface area contributed by atoms with Crippen LogP contribution >= 0.6 is 0 Å². The molecule has 15 heavy (non-hydrogen) atoms. The third-order valence-electron chi connectivity index (χ3n) is 3.34. The number of hydrogen-bond acceptors (Lipinski definition) is 3. The van der Waals surface area contributed by atoms with Crippen molar-refractivity contribution in [3.05, 3.63) is 30.1 Å². The molecule has 1 aromatic heterocycles. The highest BCUT2D eigenvalue weighted by Crippen LogP contribution is 2.20. The number of nitrogens with one attached hydrogen (secondary N) is 1. The maximum absolute atomic E-state index is 4.41. The van der Waals surface area contributed by atoms with Crippen molar-refractivity contribution in [2.24, 2.45) is 0 Å². The Balaban J connectivity index is 2.03. The predicted molar refractivity (Wildman–Crippen MR) is 61.7 cm³/mol. The molecule has 3 nitrogen and oxygen atoms in total. The lowest BCUT2D eigenvalue weighted by Crippen LogP contribution is -2.35. The van der Waals surface area contributed by atoms with Crippen LogP contribution in [0.4, 0.5) is 0 Å². The van der Waals surface area contributed by atoms with Gasteiger partial charge in [0.05, 0.1) is 5.69 Å². The SMILES string of the molecule is CC(c1ccccn1)N(C)[C@H]1CCNC1. The van der Waals surface area contributed by atoms with Gasteiger partial charge in [0.15, 0.2) is 0 Å². The van der Waals surface area contributed by atoms with Crippen LogP contribution in [-0.4, -0.2) is 36.1 Å². The molecule has 0 aliphatic carbocycles. The van der Waals surface area contributed by atoms with Crippen LogP contribution in [0, 0.1) is 0 Å². The largest absolute Gasteiger partial charge is 0.315 e. The van der Waals surface area contributed by atoms with Crippen molar-refractivity contribution >= 4 is 0 Å². The Morgan fingerprint density at radius 3 is 3.00 bits per heavy atom. The van der Waals surface area contributed by atoms with Crippen LogP contribution in [0.5, 0.6) is 0 Å². The van der Waals surface area contributed by atoms with Gasteiger partial charge in [0.1, 0.15) is 0 Å². The molecule has 0 radical (unpaired) electrons. The highest BCUT2D eigenvalue weighted by atomic mass is 15.2. The summed E-state index contributed by atoms with van der Waals surface area (Å²) in [5, 5.41) is 3.40. The highest BCUT2D eigenvalue weighted by molar-refractivity contribution is 5.08. The summed E-state index contributed by atoms with van der Waals surface area (Å²) in [6.45, 7) is 4.47. The summed E-state index contributed by atoms with van der Waals surface area (Å²) < 4.78 is 0. The van der Waals surface area contributed by atoms with E-state index in [1.54, 1.807) is 0 Å². The molecule has 1 aromatic rings. The summed E-state index contributed by atoms with van der Waals surface area (Å²) in [5.74, 6) is 0. The van der Waals surface area contributed by atoms with Crippen molar-refractivity contribution in [1.29, 1.82) is 0 Å². The van der Waals surface area contributed by atoms with Crippen LogP contribution in [-0.2, 0) is 0 Å². The van der Waals surface area contributed by atoms with Gasteiger partial charge in [0, 0.05) is 24.8 Å². The molecule has 2 rings (SSSR count). The van der Waals surface area contributed by atoms with Crippen LogP contribution < -0.4 is 5.32 Å². The number of nitrogens with zero attached hydrogens (tertiary/aromatic N) is 2. The lowest BCUT2D eigenvalue weighted by atomic mass is 10.1. The van der Waals surface area contributed by atoms with E-state index >= 15 is 0 Å². The van der Waals surface area contributed by atoms with E-state index in [2.05, 4.69) is 41.3 Å². The Kier molecular flexibility index (Phi) is 3.34. The number of hydrogen-bond donors (Lipinski definition) is 1. The van der Waals surface area contributed by atoms with Gasteiger partial charge in [0.2, 0.25) is 0 Å². The van der Waals surface area contributed by atoms with Gasteiger partial charge >= 0.3 is 0 Å². The zero-order valence-electron chi connectivity index (χ0n) is 9.48. The average Bonchev–Trinajstić information content (AvgIpc) is 2.82. The lowest BCUT2D eigenvalue weighted by molar-refractivity contribution is 0.193. The van der Waals surface area contributed by atoms with Crippen molar-refractivity contribution < 1.29 is 0 Å². The molecular formula is C12H19N3. The standard InChI is InChI=1S/C12H19N3/c1-10(12-5-3-4-7-14-12)15(2)11-6-8-13-9-11/h3-5,7,10-11,13H,6,8-9H2,1-2H3/t10?,11-/m0/s1. The molecular weight excluding hydrogens is 186 g/mol. The van der Waals surface area contributed by atoms with Crippen molar-refractivity contribution in [1.82, 2.24) is 15.2 Å². The molecule has 2 atom stereocenters. The van der Waals surface area contributed by atoms with E-state index < -0.39 is 0 Å². The summed E-state index contributed by atoms with van der Waals surface area (Å²) >= 11 is 0. The van der Waals surface area contributed by atoms with Gasteiger partial charge in [-0.25, -0.2) is 0 Å². The first-order valence-corrected chi connectivity index (χ1v) is 5.62. The lowest BCUT2D eigenvalue weighted by Gasteiger charge is -2.29. The van der Waals surface area contributed by atoms with Crippen LogP contribution in [0.3, 0.4) is 0 Å². The molecule has 3 heteroatoms. The Morgan fingerprint density at radius 1 is 1.53 bits per heavy atom. The minimum absolute atomic E-state index is 0.399. The van der Waals surface area contributed by atoms with E-state index in [-0.39, 0.29) is 0 Å². The van der Waals surface area contributed by atoms with Gasteiger partial charge in [-0.05, 0) is 39.1 Å². The molecule has 1 saturated heterocycles. The van der Waals surface area contributed by atoms with E-state index in [9.17, 15) is 0 Å². The third kappa shape index (κ3) is 2.36. The Hall–Kier alpha value is -0.930. The fraction of sp³-hybridized carbons (Fsp3) is 0.583. The minimum atomic E-state index is 0.399. The second-order valence-electron chi connectivity index (χ2n) is 4.24. The first-order chi connectivity index (χ1) is 7.29. The van der Waals surface area contributed by atoms with Crippen molar-refractivity contribution in [3.8, 4) is 0 Å². The van der Waals surface area contributed by atoms with Crippen molar-refractivity contribution in [3.63, 3.8) is 0 Å². The fourth-order valence-electron chi connectivity index (χ4n) is 2.13. The molecule has 1 N–H and O–H groups in total. The monoisotopic (exact) mass is 205 g/mol. The quantitative estimate of drug-likeness (QED) is 0.809. The first kappa shape index (κ1) is 10.6.